The van der Waals surface area contributed by atoms with Crippen LogP contribution in [0.2, 0.25) is 5.02 Å². The van der Waals surface area contributed by atoms with Crippen LogP contribution in [0.5, 0.6) is 0 Å². The number of amides is 2. The molecule has 0 saturated heterocycles. The first-order chi connectivity index (χ1) is 8.13. The summed E-state index contributed by atoms with van der Waals surface area (Å²) in [6, 6.07) is 2.91. The molecule has 0 aliphatic carbocycles. The van der Waals surface area contributed by atoms with Crippen molar-refractivity contribution in [3.63, 3.8) is 0 Å². The standard InChI is InChI=1S/C10H14ClN5O/c1-2-5-14-10(17)16-9(12)15-8-7(11)4-3-6-13-8/h3-4,6H,2,5H2,1H3,(H4,12,13,14,15,16,17). The highest BCUT2D eigenvalue weighted by atomic mass is 35.5. The molecule has 1 rings (SSSR count). The number of nitrogens with two attached hydrogens (primary N) is 1. The molecule has 1 aromatic heterocycles. The zero-order chi connectivity index (χ0) is 12.7. The number of hydrogen-bond donors (Lipinski definition) is 3. The molecular formula is C10H14ClN5O. The Morgan fingerprint density at radius 1 is 1.65 bits per heavy atom. The van der Waals surface area contributed by atoms with Crippen molar-refractivity contribution >= 4 is 29.4 Å². The van der Waals surface area contributed by atoms with Gasteiger partial charge in [0.1, 0.15) is 0 Å². The smallest absolute Gasteiger partial charge is 0.321 e. The largest absolute Gasteiger partial charge is 0.369 e. The maximum atomic E-state index is 11.3. The third-order valence-corrected chi connectivity index (χ3v) is 2.04. The fourth-order valence-electron chi connectivity index (χ4n) is 1.00. The van der Waals surface area contributed by atoms with Gasteiger partial charge < -0.3 is 11.1 Å². The van der Waals surface area contributed by atoms with Crippen LogP contribution < -0.4 is 16.4 Å². The van der Waals surface area contributed by atoms with Crippen LogP contribution in [0, 0.1) is 0 Å². The number of carbonyl (C=O) groups excluding carboxylic acids is 1. The van der Waals surface area contributed by atoms with Crippen LogP contribution in [-0.2, 0) is 0 Å². The van der Waals surface area contributed by atoms with Gasteiger partial charge in [0, 0.05) is 12.7 Å². The first kappa shape index (κ1) is 13.2. The lowest BCUT2D eigenvalue weighted by atomic mass is 10.5. The van der Waals surface area contributed by atoms with E-state index < -0.39 is 6.03 Å². The van der Waals surface area contributed by atoms with Crippen molar-refractivity contribution in [2.75, 3.05) is 6.54 Å². The summed E-state index contributed by atoms with van der Waals surface area (Å²) < 4.78 is 0. The van der Waals surface area contributed by atoms with Crippen LogP contribution >= 0.6 is 11.6 Å². The number of hydrogen-bond acceptors (Lipinski definition) is 3. The molecule has 0 aliphatic heterocycles. The van der Waals surface area contributed by atoms with E-state index in [1.54, 1.807) is 12.1 Å². The fourth-order valence-corrected chi connectivity index (χ4v) is 1.16. The van der Waals surface area contributed by atoms with Crippen molar-refractivity contribution in [1.82, 2.24) is 15.6 Å². The van der Waals surface area contributed by atoms with Crippen molar-refractivity contribution in [2.45, 2.75) is 13.3 Å². The molecule has 0 atom stereocenters. The minimum atomic E-state index is -0.403. The third kappa shape index (κ3) is 4.69. The predicted molar refractivity (Wildman–Crippen MR) is 67.4 cm³/mol. The van der Waals surface area contributed by atoms with E-state index in [-0.39, 0.29) is 11.8 Å². The monoisotopic (exact) mass is 255 g/mol. The molecule has 0 fully saturated rings. The average Bonchev–Trinajstić information content (AvgIpc) is 2.29. The Balaban J connectivity index is 2.61. The lowest BCUT2D eigenvalue weighted by Gasteiger charge is -2.05. The van der Waals surface area contributed by atoms with Crippen LogP contribution in [0.4, 0.5) is 10.6 Å². The Kier molecular flexibility index (Phi) is 5.22. The van der Waals surface area contributed by atoms with E-state index in [1.807, 2.05) is 6.92 Å². The Hall–Kier alpha value is -1.82. The van der Waals surface area contributed by atoms with Gasteiger partial charge in [0.15, 0.2) is 5.82 Å². The van der Waals surface area contributed by atoms with E-state index in [0.717, 1.165) is 6.42 Å². The molecule has 0 unspecified atom stereocenters. The van der Waals surface area contributed by atoms with Crippen LogP contribution in [-0.4, -0.2) is 23.5 Å². The van der Waals surface area contributed by atoms with Gasteiger partial charge in [-0.15, -0.1) is 0 Å². The van der Waals surface area contributed by atoms with Crippen LogP contribution in [0.3, 0.4) is 0 Å². The number of carbonyl (C=O) groups is 1. The van der Waals surface area contributed by atoms with Gasteiger partial charge in [-0.3, -0.25) is 5.32 Å². The van der Waals surface area contributed by atoms with Gasteiger partial charge in [-0.05, 0) is 18.6 Å². The summed E-state index contributed by atoms with van der Waals surface area (Å²) in [5, 5.41) is 5.34. The second-order valence-corrected chi connectivity index (χ2v) is 3.59. The van der Waals surface area contributed by atoms with Crippen molar-refractivity contribution in [2.24, 2.45) is 10.7 Å². The number of pyridine rings is 1. The zero-order valence-electron chi connectivity index (χ0n) is 9.40. The molecule has 2 amide bonds. The SMILES string of the molecule is CCCNC(=O)N/C(N)=N/c1ncccc1Cl. The molecule has 92 valence electrons. The summed E-state index contributed by atoms with van der Waals surface area (Å²) in [4.78, 5) is 19.1. The molecule has 4 N–H and O–H groups in total. The number of urea groups is 1. The summed E-state index contributed by atoms with van der Waals surface area (Å²) in [7, 11) is 0. The lowest BCUT2D eigenvalue weighted by molar-refractivity contribution is 0.245. The van der Waals surface area contributed by atoms with E-state index in [9.17, 15) is 4.79 Å². The van der Waals surface area contributed by atoms with Gasteiger partial charge in [-0.1, -0.05) is 18.5 Å². The van der Waals surface area contributed by atoms with Crippen molar-refractivity contribution in [1.29, 1.82) is 0 Å². The van der Waals surface area contributed by atoms with Crippen molar-refractivity contribution in [3.05, 3.63) is 23.4 Å². The van der Waals surface area contributed by atoms with Gasteiger partial charge in [0.05, 0.1) is 5.02 Å². The highest BCUT2D eigenvalue weighted by Crippen LogP contribution is 2.19. The van der Waals surface area contributed by atoms with E-state index in [0.29, 0.717) is 11.6 Å². The predicted octanol–water partition coefficient (Wildman–Crippen LogP) is 1.39. The van der Waals surface area contributed by atoms with Gasteiger partial charge in [0.2, 0.25) is 5.96 Å². The number of nitrogens with zero attached hydrogens (tertiary/aromatic N) is 2. The Labute approximate surface area is 104 Å². The first-order valence-corrected chi connectivity index (χ1v) is 5.50. The molecule has 0 bridgehead atoms. The third-order valence-electron chi connectivity index (χ3n) is 1.74. The summed E-state index contributed by atoms with van der Waals surface area (Å²) in [5.41, 5.74) is 5.53. The molecule has 0 radical (unpaired) electrons. The number of halogens is 1. The Morgan fingerprint density at radius 3 is 3.06 bits per heavy atom. The Bertz CT molecular complexity index is 421. The number of aliphatic imine (C=N–C) groups is 1. The fraction of sp³-hybridized carbons (Fsp3) is 0.300. The molecule has 6 nitrogen and oxygen atoms in total. The molecule has 7 heteroatoms. The van der Waals surface area contributed by atoms with Gasteiger partial charge in [0.25, 0.3) is 0 Å². The summed E-state index contributed by atoms with van der Waals surface area (Å²) in [5.74, 6) is 0.210. The molecule has 1 heterocycles. The van der Waals surface area contributed by atoms with Crippen LogP contribution in [0.25, 0.3) is 0 Å². The minimum absolute atomic E-state index is 0.0563. The van der Waals surface area contributed by atoms with Crippen LogP contribution in [0.1, 0.15) is 13.3 Å². The average molecular weight is 256 g/mol. The van der Waals surface area contributed by atoms with E-state index in [2.05, 4.69) is 20.6 Å². The Morgan fingerprint density at radius 2 is 2.41 bits per heavy atom. The highest BCUT2D eigenvalue weighted by molar-refractivity contribution is 6.32. The molecule has 0 aromatic carbocycles. The van der Waals surface area contributed by atoms with Crippen LogP contribution in [0.15, 0.2) is 23.3 Å². The van der Waals surface area contributed by atoms with E-state index in [4.69, 9.17) is 17.3 Å². The van der Waals surface area contributed by atoms with Crippen molar-refractivity contribution in [3.8, 4) is 0 Å². The number of guanidine groups is 1. The van der Waals surface area contributed by atoms with Gasteiger partial charge in [-0.25, -0.2) is 9.78 Å². The molecule has 17 heavy (non-hydrogen) atoms. The second kappa shape index (κ2) is 6.70. The highest BCUT2D eigenvalue weighted by Gasteiger charge is 2.03. The lowest BCUT2D eigenvalue weighted by Crippen LogP contribution is -2.43. The van der Waals surface area contributed by atoms with E-state index >= 15 is 0 Å². The number of rotatable bonds is 3. The first-order valence-electron chi connectivity index (χ1n) is 5.13. The maximum Gasteiger partial charge on any atom is 0.321 e. The molecule has 0 saturated carbocycles. The topological polar surface area (TPSA) is 92.4 Å². The minimum Gasteiger partial charge on any atom is -0.369 e. The summed E-state index contributed by atoms with van der Waals surface area (Å²) >= 11 is 5.84. The zero-order valence-corrected chi connectivity index (χ0v) is 10.2. The summed E-state index contributed by atoms with van der Waals surface area (Å²) in [6.07, 6.45) is 2.38. The molecule has 1 aromatic rings. The normalized spacial score (nSPS) is 11.1. The molecule has 0 aliphatic rings. The van der Waals surface area contributed by atoms with Crippen molar-refractivity contribution < 1.29 is 4.79 Å². The molecular weight excluding hydrogens is 242 g/mol. The maximum absolute atomic E-state index is 11.3. The van der Waals surface area contributed by atoms with E-state index in [1.165, 1.54) is 6.20 Å². The second-order valence-electron chi connectivity index (χ2n) is 3.19. The van der Waals surface area contributed by atoms with Gasteiger partial charge >= 0.3 is 6.03 Å². The number of nitrogens with one attached hydrogen (secondary N) is 2. The van der Waals surface area contributed by atoms with Gasteiger partial charge in [-0.2, -0.15) is 4.99 Å². The molecule has 0 spiro atoms. The summed E-state index contributed by atoms with van der Waals surface area (Å²) in [6.45, 7) is 2.52. The quantitative estimate of drug-likeness (QED) is 0.563. The number of aromatic nitrogens is 1.